The SMILES string of the molecule is CCCC(=O)N1CCN(C(=O)CCCN2C(=O)c3ccccc3C2=O)CC1. The average molecular weight is 371 g/mol. The van der Waals surface area contributed by atoms with Crippen LogP contribution in [0.4, 0.5) is 0 Å². The Balaban J connectivity index is 1.44. The Bertz CT molecular complexity index is 718. The van der Waals surface area contributed by atoms with Crippen LogP contribution in [-0.2, 0) is 9.59 Å². The summed E-state index contributed by atoms with van der Waals surface area (Å²) in [5.74, 6) is -0.415. The van der Waals surface area contributed by atoms with Gasteiger partial charge in [0.05, 0.1) is 11.1 Å². The van der Waals surface area contributed by atoms with Crippen LogP contribution in [0.2, 0.25) is 0 Å². The van der Waals surface area contributed by atoms with Gasteiger partial charge in [-0.05, 0) is 25.0 Å². The highest BCUT2D eigenvalue weighted by Gasteiger charge is 2.34. The van der Waals surface area contributed by atoms with E-state index in [0.717, 1.165) is 6.42 Å². The second-order valence-corrected chi connectivity index (χ2v) is 6.92. The van der Waals surface area contributed by atoms with Crippen LogP contribution in [0.3, 0.4) is 0 Å². The van der Waals surface area contributed by atoms with E-state index >= 15 is 0 Å². The van der Waals surface area contributed by atoms with Crippen molar-refractivity contribution < 1.29 is 19.2 Å². The molecule has 144 valence electrons. The third kappa shape index (κ3) is 4.02. The first kappa shape index (κ1) is 19.1. The van der Waals surface area contributed by atoms with E-state index in [4.69, 9.17) is 0 Å². The van der Waals surface area contributed by atoms with Gasteiger partial charge in [-0.1, -0.05) is 19.1 Å². The Morgan fingerprint density at radius 2 is 1.33 bits per heavy atom. The Hall–Kier alpha value is -2.70. The molecule has 1 saturated heterocycles. The zero-order chi connectivity index (χ0) is 19.4. The number of carbonyl (C=O) groups is 4. The van der Waals surface area contributed by atoms with Crippen LogP contribution in [0, 0.1) is 0 Å². The van der Waals surface area contributed by atoms with Crippen LogP contribution in [-0.4, -0.2) is 71.1 Å². The number of nitrogens with zero attached hydrogens (tertiary/aromatic N) is 3. The first-order chi connectivity index (χ1) is 13.0. The summed E-state index contributed by atoms with van der Waals surface area (Å²) in [6.45, 7) is 4.45. The van der Waals surface area contributed by atoms with E-state index in [0.29, 0.717) is 50.1 Å². The molecule has 0 radical (unpaired) electrons. The lowest BCUT2D eigenvalue weighted by Gasteiger charge is -2.35. The van der Waals surface area contributed by atoms with Gasteiger partial charge in [-0.15, -0.1) is 0 Å². The molecule has 7 nitrogen and oxygen atoms in total. The molecule has 0 atom stereocenters. The van der Waals surface area contributed by atoms with Gasteiger partial charge in [-0.3, -0.25) is 24.1 Å². The van der Waals surface area contributed by atoms with Crippen molar-refractivity contribution >= 4 is 23.6 Å². The molecule has 0 N–H and O–H groups in total. The fourth-order valence-corrected chi connectivity index (χ4v) is 3.57. The summed E-state index contributed by atoms with van der Waals surface area (Å²) in [5.41, 5.74) is 0.864. The Morgan fingerprint density at radius 1 is 0.852 bits per heavy atom. The monoisotopic (exact) mass is 371 g/mol. The van der Waals surface area contributed by atoms with E-state index in [2.05, 4.69) is 0 Å². The molecule has 0 bridgehead atoms. The minimum absolute atomic E-state index is 0.00852. The maximum atomic E-state index is 12.4. The van der Waals surface area contributed by atoms with Gasteiger partial charge in [0.1, 0.15) is 0 Å². The number of fused-ring (bicyclic) bond motifs is 1. The standard InChI is InChI=1S/C20H25N3O4/c1-2-6-17(24)21-11-13-22(14-12-21)18(25)9-5-10-23-19(26)15-7-3-4-8-16(15)20(23)27/h3-4,7-8H,2,5-6,9-14H2,1H3. The lowest BCUT2D eigenvalue weighted by molar-refractivity contribution is -0.139. The van der Waals surface area contributed by atoms with Crippen LogP contribution in [0.5, 0.6) is 0 Å². The van der Waals surface area contributed by atoms with Crippen LogP contribution in [0.15, 0.2) is 24.3 Å². The topological polar surface area (TPSA) is 78.0 Å². The molecule has 2 aliphatic rings. The van der Waals surface area contributed by atoms with Gasteiger partial charge in [-0.2, -0.15) is 0 Å². The van der Waals surface area contributed by atoms with Crippen LogP contribution in [0.1, 0.15) is 53.3 Å². The highest BCUT2D eigenvalue weighted by atomic mass is 16.2. The van der Waals surface area contributed by atoms with Crippen molar-refractivity contribution in [2.45, 2.75) is 32.6 Å². The smallest absolute Gasteiger partial charge is 0.261 e. The van der Waals surface area contributed by atoms with Crippen molar-refractivity contribution in [3.8, 4) is 0 Å². The van der Waals surface area contributed by atoms with Crippen LogP contribution < -0.4 is 0 Å². The van der Waals surface area contributed by atoms with Crippen molar-refractivity contribution in [3.05, 3.63) is 35.4 Å². The molecule has 2 heterocycles. The minimum Gasteiger partial charge on any atom is -0.339 e. The summed E-state index contributed by atoms with van der Waals surface area (Å²) in [6, 6.07) is 6.78. The second-order valence-electron chi connectivity index (χ2n) is 6.92. The summed E-state index contributed by atoms with van der Waals surface area (Å²) in [5, 5.41) is 0. The number of benzene rings is 1. The number of piperazine rings is 1. The average Bonchev–Trinajstić information content (AvgIpc) is 2.93. The van der Waals surface area contributed by atoms with Crippen molar-refractivity contribution in [1.82, 2.24) is 14.7 Å². The Kier molecular flexibility index (Phi) is 5.88. The number of imide groups is 1. The molecule has 27 heavy (non-hydrogen) atoms. The maximum absolute atomic E-state index is 12.4. The summed E-state index contributed by atoms with van der Waals surface area (Å²) < 4.78 is 0. The largest absolute Gasteiger partial charge is 0.339 e. The van der Waals surface area contributed by atoms with Gasteiger partial charge in [-0.25, -0.2) is 0 Å². The van der Waals surface area contributed by atoms with Gasteiger partial charge in [0.15, 0.2) is 0 Å². The quantitative estimate of drug-likeness (QED) is 0.711. The maximum Gasteiger partial charge on any atom is 0.261 e. The predicted octanol–water partition coefficient (Wildman–Crippen LogP) is 1.53. The highest BCUT2D eigenvalue weighted by molar-refractivity contribution is 6.21. The molecule has 7 heteroatoms. The first-order valence-electron chi connectivity index (χ1n) is 9.53. The molecule has 0 unspecified atom stereocenters. The van der Waals surface area contributed by atoms with E-state index < -0.39 is 0 Å². The van der Waals surface area contributed by atoms with Crippen molar-refractivity contribution in [3.63, 3.8) is 0 Å². The summed E-state index contributed by atoms with van der Waals surface area (Å²) in [7, 11) is 0. The van der Waals surface area contributed by atoms with E-state index in [-0.39, 0.29) is 36.6 Å². The number of rotatable bonds is 6. The first-order valence-corrected chi connectivity index (χ1v) is 9.53. The van der Waals surface area contributed by atoms with Crippen molar-refractivity contribution in [2.75, 3.05) is 32.7 Å². The second kappa shape index (κ2) is 8.33. The summed E-state index contributed by atoms with van der Waals surface area (Å²) >= 11 is 0. The molecule has 3 rings (SSSR count). The summed E-state index contributed by atoms with van der Waals surface area (Å²) in [6.07, 6.45) is 2.11. The van der Waals surface area contributed by atoms with Crippen molar-refractivity contribution in [2.24, 2.45) is 0 Å². The molecular formula is C20H25N3O4. The van der Waals surface area contributed by atoms with Gasteiger partial charge in [0.25, 0.3) is 11.8 Å². The predicted molar refractivity (Wildman–Crippen MR) is 99.1 cm³/mol. The molecule has 0 spiro atoms. The number of hydrogen-bond donors (Lipinski definition) is 0. The lowest BCUT2D eigenvalue weighted by atomic mass is 10.1. The van der Waals surface area contributed by atoms with Gasteiger partial charge in [0, 0.05) is 45.6 Å². The minimum atomic E-state index is -0.286. The molecule has 0 aromatic heterocycles. The lowest BCUT2D eigenvalue weighted by Crippen LogP contribution is -2.50. The molecule has 0 aliphatic carbocycles. The molecule has 4 amide bonds. The Morgan fingerprint density at radius 3 is 1.81 bits per heavy atom. The zero-order valence-corrected chi connectivity index (χ0v) is 15.6. The van der Waals surface area contributed by atoms with Gasteiger partial charge < -0.3 is 9.80 Å². The normalized spacial score (nSPS) is 16.7. The van der Waals surface area contributed by atoms with E-state index in [1.54, 1.807) is 29.2 Å². The number of hydrogen-bond acceptors (Lipinski definition) is 4. The van der Waals surface area contributed by atoms with E-state index in [1.165, 1.54) is 4.90 Å². The molecule has 1 fully saturated rings. The third-order valence-corrected chi connectivity index (χ3v) is 5.10. The Labute approximate surface area is 158 Å². The molecule has 1 aromatic carbocycles. The number of amides is 4. The zero-order valence-electron chi connectivity index (χ0n) is 15.6. The molecular weight excluding hydrogens is 346 g/mol. The van der Waals surface area contributed by atoms with Gasteiger partial charge in [0.2, 0.25) is 11.8 Å². The van der Waals surface area contributed by atoms with E-state index in [1.807, 2.05) is 11.8 Å². The van der Waals surface area contributed by atoms with E-state index in [9.17, 15) is 19.2 Å². The number of carbonyl (C=O) groups excluding carboxylic acids is 4. The third-order valence-electron chi connectivity index (χ3n) is 5.10. The van der Waals surface area contributed by atoms with Crippen LogP contribution in [0.25, 0.3) is 0 Å². The summed E-state index contributed by atoms with van der Waals surface area (Å²) in [4.78, 5) is 53.7. The fraction of sp³-hybridized carbons (Fsp3) is 0.500. The van der Waals surface area contributed by atoms with Crippen LogP contribution >= 0.6 is 0 Å². The van der Waals surface area contributed by atoms with Crippen molar-refractivity contribution in [1.29, 1.82) is 0 Å². The molecule has 2 aliphatic heterocycles. The molecule has 1 aromatic rings. The fourth-order valence-electron chi connectivity index (χ4n) is 3.57. The highest BCUT2D eigenvalue weighted by Crippen LogP contribution is 2.22. The van der Waals surface area contributed by atoms with Gasteiger partial charge >= 0.3 is 0 Å². The molecule has 0 saturated carbocycles.